The fourth-order valence-electron chi connectivity index (χ4n) is 14.4. The van der Waals surface area contributed by atoms with E-state index in [4.69, 9.17) is 49.5 Å². The average Bonchev–Trinajstić information content (AvgIpc) is 0.825. The van der Waals surface area contributed by atoms with Crippen LogP contribution in [-0.4, -0.2) is 200 Å². The molecule has 135 heavy (non-hydrogen) atoms. The number of rotatable bonds is 27. The Bertz CT molecular complexity index is 6520. The fourth-order valence-corrected chi connectivity index (χ4v) is 14.5. The van der Waals surface area contributed by atoms with Crippen LogP contribution >= 0.6 is 11.6 Å². The van der Waals surface area contributed by atoms with Crippen molar-refractivity contribution in [3.63, 3.8) is 0 Å². The third-order valence-corrected chi connectivity index (χ3v) is 21.2. The van der Waals surface area contributed by atoms with Crippen molar-refractivity contribution in [1.29, 1.82) is 0 Å². The third kappa shape index (κ3) is 27.2. The van der Waals surface area contributed by atoms with E-state index in [0.717, 1.165) is 82.1 Å². The quantitative estimate of drug-likeness (QED) is 0.0236. The number of hydrazone groups is 4. The number of aryl methyl sites for hydroxylation is 4. The van der Waals surface area contributed by atoms with Gasteiger partial charge in [0.25, 0.3) is 5.56 Å². The molecule has 8 aromatic heterocycles. The van der Waals surface area contributed by atoms with Gasteiger partial charge in [0.1, 0.15) is 53.0 Å². The van der Waals surface area contributed by atoms with E-state index >= 15 is 0 Å². The number of ether oxygens (including phenoxy) is 8. The predicted molar refractivity (Wildman–Crippen MR) is 521 cm³/mol. The number of hydrogen-bond acceptors (Lipinski definition) is 34. The van der Waals surface area contributed by atoms with Crippen LogP contribution in [-0.2, 0) is 25.6 Å². The second-order valence-electron chi connectivity index (χ2n) is 31.3. The van der Waals surface area contributed by atoms with Gasteiger partial charge in [-0.2, -0.15) is 60.3 Å². The molecule has 37 heteroatoms. The summed E-state index contributed by atoms with van der Waals surface area (Å²) in [6.07, 6.45) is 13.5. The molecule has 0 saturated carbocycles. The van der Waals surface area contributed by atoms with E-state index < -0.39 is 5.82 Å². The first-order valence-corrected chi connectivity index (χ1v) is 44.3. The molecule has 19 rings (SSSR count). The van der Waals surface area contributed by atoms with Crippen molar-refractivity contribution in [2.45, 2.75) is 53.8 Å². The number of H-pyrrole nitrogens is 1. The molecule has 35 nitrogen and oxygen atoms in total. The zero-order valence-corrected chi connectivity index (χ0v) is 75.6. The van der Waals surface area contributed by atoms with E-state index in [2.05, 4.69) is 144 Å². The normalized spacial score (nSPS) is 14.2. The minimum absolute atomic E-state index is 0.0125. The van der Waals surface area contributed by atoms with Crippen LogP contribution in [0.2, 0.25) is 5.02 Å². The predicted octanol–water partition coefficient (Wildman–Crippen LogP) is 15.9. The van der Waals surface area contributed by atoms with Crippen LogP contribution in [0.1, 0.15) is 75.6 Å². The minimum atomic E-state index is -0.409. The number of aromatic nitrogens is 14. The molecule has 4 aliphatic rings. The van der Waals surface area contributed by atoms with Gasteiger partial charge in [0.05, 0.1) is 111 Å². The van der Waals surface area contributed by atoms with E-state index in [9.17, 15) is 9.18 Å². The summed E-state index contributed by atoms with van der Waals surface area (Å²) in [6, 6.07) is 63.4. The molecule has 0 radical (unpaired) electrons. The summed E-state index contributed by atoms with van der Waals surface area (Å²) < 4.78 is 59.4. The van der Waals surface area contributed by atoms with Gasteiger partial charge in [0.2, 0.25) is 0 Å². The fraction of sp³-hybridized carbons (Fsp3) is 0.245. The Labute approximate surface area is 782 Å². The van der Waals surface area contributed by atoms with Gasteiger partial charge in [-0.3, -0.25) is 36.5 Å². The smallest absolute Gasteiger partial charge is 0.325 e. The Morgan fingerprint density at radius 2 is 0.815 bits per heavy atom. The van der Waals surface area contributed by atoms with Gasteiger partial charge in [-0.15, -0.1) is 0 Å². The summed E-state index contributed by atoms with van der Waals surface area (Å²) >= 11 is 6.09. The number of para-hydroxylation sites is 1. The lowest BCUT2D eigenvalue weighted by Crippen LogP contribution is -2.36. The van der Waals surface area contributed by atoms with Crippen molar-refractivity contribution in [3.8, 4) is 35.5 Å². The molecule has 0 bridgehead atoms. The molecule has 4 aliphatic heterocycles. The van der Waals surface area contributed by atoms with Crippen LogP contribution in [0, 0.1) is 33.5 Å². The van der Waals surface area contributed by atoms with Crippen LogP contribution < -0.4 is 65.8 Å². The first-order valence-electron chi connectivity index (χ1n) is 43.9. The Morgan fingerprint density at radius 3 is 1.24 bits per heavy atom. The highest BCUT2D eigenvalue weighted by molar-refractivity contribution is 6.31. The topological polar surface area (TPSA) is 385 Å². The van der Waals surface area contributed by atoms with Gasteiger partial charge in [0, 0.05) is 106 Å². The van der Waals surface area contributed by atoms with Crippen molar-refractivity contribution in [1.82, 2.24) is 69.8 Å². The first-order chi connectivity index (χ1) is 66.1. The lowest BCUT2D eigenvalue weighted by atomic mass is 10.2. The van der Waals surface area contributed by atoms with Crippen LogP contribution in [0.3, 0.4) is 0 Å². The summed E-state index contributed by atoms with van der Waals surface area (Å²) in [7, 11) is 0. The van der Waals surface area contributed by atoms with Crippen LogP contribution in [0.5, 0.6) is 35.5 Å². The number of pyridine rings is 2. The largest absolute Gasteiger partial charge is 0.455 e. The van der Waals surface area contributed by atoms with E-state index in [1.165, 1.54) is 23.4 Å². The monoisotopic (exact) mass is 1840 g/mol. The maximum atomic E-state index is 13.6. The molecule has 1 unspecified atom stereocenters. The highest BCUT2D eigenvalue weighted by Crippen LogP contribution is 2.32. The Balaban J connectivity index is 0.000000131. The molecule has 15 aromatic rings. The zero-order valence-electron chi connectivity index (χ0n) is 74.8. The molecule has 0 spiro atoms. The SMILES string of the molecule is CCC(Oc1nc(N/N=C/c2cccc(C)c2)cc(N2CCOCC2)n1)c1ncccn1.Cc1cccc(/C=N/Nc2cc(N3CCOCC3)nc(OCc3nc4ccccc4c(=O)[nH]3)n2)c1.Cc1cccc(/C=N/Nc2cc(N3CCOCC3)nc(Oc3ccc4ncc(Cl)cc4c3)n2)c1.Cc1cccc(/C=N/Nc2cc(N3CCOCC3)nc(Oc3ccc4ncc(F)cc4c3)n2)c1. The van der Waals surface area contributed by atoms with Gasteiger partial charge < -0.3 is 62.5 Å². The van der Waals surface area contributed by atoms with Gasteiger partial charge in [-0.1, -0.05) is 150 Å². The van der Waals surface area contributed by atoms with E-state index in [0.29, 0.717) is 170 Å². The second kappa shape index (κ2) is 46.4. The first kappa shape index (κ1) is 92.5. The molecule has 7 aromatic carbocycles. The lowest BCUT2D eigenvalue weighted by Gasteiger charge is -2.28. The number of aromatic amines is 1. The minimum Gasteiger partial charge on any atom is -0.455 e. The van der Waals surface area contributed by atoms with E-state index in [1.54, 1.807) is 85.9 Å². The number of hydrogen-bond donors (Lipinski definition) is 5. The molecule has 688 valence electrons. The van der Waals surface area contributed by atoms with Crippen LogP contribution in [0.4, 0.5) is 50.9 Å². The molecule has 4 fully saturated rings. The molecule has 4 saturated heterocycles. The highest BCUT2D eigenvalue weighted by atomic mass is 35.5. The van der Waals surface area contributed by atoms with E-state index in [1.807, 2.05) is 174 Å². The number of benzene rings is 7. The van der Waals surface area contributed by atoms with Gasteiger partial charge >= 0.3 is 24.0 Å². The van der Waals surface area contributed by atoms with Gasteiger partial charge in [-0.25, -0.2) is 19.3 Å². The summed E-state index contributed by atoms with van der Waals surface area (Å²) in [5.41, 5.74) is 22.5. The number of fused-ring (bicyclic) bond motifs is 3. The van der Waals surface area contributed by atoms with Crippen molar-refractivity contribution >= 4 is 116 Å². The molecule has 5 N–H and O–H groups in total. The van der Waals surface area contributed by atoms with E-state index in [-0.39, 0.29) is 42.3 Å². The summed E-state index contributed by atoms with van der Waals surface area (Å²) in [5, 5.41) is 19.9. The molecule has 0 aliphatic carbocycles. The Hall–Kier alpha value is -15.8. The summed E-state index contributed by atoms with van der Waals surface area (Å²) in [4.78, 5) is 81.4. The maximum absolute atomic E-state index is 13.6. The number of halogens is 2. The molecule has 1 atom stereocenters. The van der Waals surface area contributed by atoms with Crippen molar-refractivity contribution in [3.05, 3.63) is 302 Å². The molecule has 0 amide bonds. The number of anilines is 8. The number of nitrogens with zero attached hydrogens (tertiary/aromatic N) is 21. The van der Waals surface area contributed by atoms with Crippen LogP contribution in [0.25, 0.3) is 32.7 Å². The van der Waals surface area contributed by atoms with Gasteiger partial charge in [-0.05, 0) is 123 Å². The number of morpholine rings is 4. The van der Waals surface area contributed by atoms with Crippen molar-refractivity contribution in [2.75, 3.05) is 147 Å². The molecular formula is C98H98ClFN26O9. The highest BCUT2D eigenvalue weighted by Gasteiger charge is 2.24. The van der Waals surface area contributed by atoms with Crippen molar-refractivity contribution < 1.29 is 42.3 Å². The summed E-state index contributed by atoms with van der Waals surface area (Å²) in [6.45, 7) is 21.1. The number of nitrogens with one attached hydrogen (secondary N) is 5. The Kier molecular flexibility index (Phi) is 31.8. The molecular weight excluding hydrogens is 1740 g/mol. The summed E-state index contributed by atoms with van der Waals surface area (Å²) in [5.74, 6) is 6.60. The Morgan fingerprint density at radius 1 is 0.422 bits per heavy atom. The zero-order chi connectivity index (χ0) is 92.9. The second-order valence-corrected chi connectivity index (χ2v) is 31.7. The van der Waals surface area contributed by atoms with Crippen molar-refractivity contribution in [2.24, 2.45) is 20.4 Å². The standard InChI is InChI=1S/C25H23ClN6O2.C25H23FN6O2.C25H25N7O3.C23H27N7O2/c2*1-17-3-2-4-18(11-17)15-28-31-23-14-24(32-7-9-33-10-8-32)30-25(29-23)34-21-5-6-22-19(13-21)12-20(26)16-27-22;1-17-5-4-6-18(13-17)15-26-31-21-14-23(32-9-11-34-12-10-32)30-25(29-21)35-16-22-27-20-8-3-2-7-19(20)24(33)28-22;1-3-19(22-24-8-5-9-25-22)32-23-27-20(15-21(28-23)30-10-12-31-13-11-30)29-26-16-18-7-4-6-17(2)14-18/h2*2-6,11-16H,7-10H2,1H3,(H,29,30,31);2-8,13-15H,9-12,16H2,1H3,(H,27,28,33)(H,29,30,31);4-9,14-16,19H,3,10-13H2,1-2H3,(H,27,28,29)/b2*28-15+;26-15+;26-16+. The third-order valence-electron chi connectivity index (χ3n) is 21.0. The average molecular weight is 1840 g/mol. The maximum Gasteiger partial charge on any atom is 0.325 e. The van der Waals surface area contributed by atoms with Gasteiger partial charge in [0.15, 0.2) is 35.2 Å². The van der Waals surface area contributed by atoms with Crippen LogP contribution in [0.15, 0.2) is 250 Å². The lowest BCUT2D eigenvalue weighted by molar-refractivity contribution is 0.122. The molecule has 12 heterocycles.